The fourth-order valence-electron chi connectivity index (χ4n) is 8.64. The maximum Gasteiger partial charge on any atom is 0.191 e. The van der Waals surface area contributed by atoms with E-state index in [0.29, 0.717) is 6.61 Å². The van der Waals surface area contributed by atoms with E-state index in [9.17, 15) is 5.11 Å². The van der Waals surface area contributed by atoms with E-state index in [1.165, 1.54) is 7.11 Å². The highest BCUT2D eigenvalue weighted by Crippen LogP contribution is 2.38. The van der Waals surface area contributed by atoms with Gasteiger partial charge in [0, 0.05) is 7.11 Å². The number of carbonyl (C=O) groups is 1. The lowest BCUT2D eigenvalue weighted by Gasteiger charge is -2.50. The number of ether oxygens (including phenoxy) is 9. The predicted molar refractivity (Wildman–Crippen MR) is 251 cm³/mol. The molecule has 11 heteroatoms. The summed E-state index contributed by atoms with van der Waals surface area (Å²) in [5, 5.41) is 13.1. The second-order valence-corrected chi connectivity index (χ2v) is 16.8. The number of hydrogen-bond donors (Lipinski definition) is 1. The summed E-state index contributed by atoms with van der Waals surface area (Å²) in [7, 11) is 1.47. The molecule has 0 unspecified atom stereocenters. The highest BCUT2D eigenvalue weighted by Gasteiger charge is 2.57. The van der Waals surface area contributed by atoms with Crippen LogP contribution in [0.5, 0.6) is 0 Å². The molecule has 11 nitrogen and oxygen atoms in total. The van der Waals surface area contributed by atoms with Gasteiger partial charge < -0.3 is 47.7 Å². The molecule has 2 fully saturated rings. The summed E-state index contributed by atoms with van der Waals surface area (Å²) < 4.78 is 59.2. The van der Waals surface area contributed by atoms with E-state index in [-0.39, 0.29) is 46.2 Å². The van der Waals surface area contributed by atoms with Gasteiger partial charge in [0.2, 0.25) is 0 Å². The standard InChI is InChI=1S/C56H60O11/c1-59-56-53(63-35-43-26-14-5-15-27-43)50(58)48(46(67-56)38-60-32-40-20-8-2-9-21-40)49(57)52-55(65-37-45-30-18-7-19-31-45)54(64-36-44-28-16-6-17-29-44)51(62-34-42-24-12-4-13-25-42)47(66-52)39-61-33-41-22-10-3-11-23-41/h2-31,46-49,51-57H,32-39H2,1H3/t46-,47-,48-,49+,51-,52+,53-,54+,55+,56-/m1/s1. The second kappa shape index (κ2) is 25.1. The van der Waals surface area contributed by atoms with Crippen LogP contribution in [0.4, 0.5) is 0 Å². The van der Waals surface area contributed by atoms with Crippen LogP contribution in [0.2, 0.25) is 0 Å². The van der Waals surface area contributed by atoms with Gasteiger partial charge in [-0.3, -0.25) is 4.79 Å². The van der Waals surface area contributed by atoms with Crippen molar-refractivity contribution in [2.24, 2.45) is 5.92 Å². The van der Waals surface area contributed by atoms with Crippen molar-refractivity contribution in [1.82, 2.24) is 0 Å². The van der Waals surface area contributed by atoms with Crippen molar-refractivity contribution in [3.8, 4) is 0 Å². The summed E-state index contributed by atoms with van der Waals surface area (Å²) in [4.78, 5) is 15.2. The summed E-state index contributed by atoms with van der Waals surface area (Å²) in [5.41, 5.74) is 5.57. The number of aliphatic hydroxyl groups is 1. The van der Waals surface area contributed by atoms with Crippen LogP contribution in [-0.4, -0.2) is 86.3 Å². The monoisotopic (exact) mass is 908 g/mol. The summed E-state index contributed by atoms with van der Waals surface area (Å²) in [6.45, 7) is 1.28. The van der Waals surface area contributed by atoms with E-state index in [2.05, 4.69) is 0 Å². The molecule has 67 heavy (non-hydrogen) atoms. The molecule has 2 heterocycles. The Morgan fingerprint density at radius 2 is 0.806 bits per heavy atom. The third kappa shape index (κ3) is 13.4. The van der Waals surface area contributed by atoms with Gasteiger partial charge >= 0.3 is 0 Å². The van der Waals surface area contributed by atoms with E-state index in [1.54, 1.807) is 0 Å². The number of benzene rings is 6. The van der Waals surface area contributed by atoms with Gasteiger partial charge in [-0.25, -0.2) is 0 Å². The van der Waals surface area contributed by atoms with Crippen LogP contribution in [0.1, 0.15) is 33.4 Å². The average molecular weight is 909 g/mol. The summed E-state index contributed by atoms with van der Waals surface area (Å²) in [6.07, 6.45) is -9.33. The first-order chi connectivity index (χ1) is 33.0. The molecule has 0 saturated carbocycles. The van der Waals surface area contributed by atoms with Gasteiger partial charge in [-0.1, -0.05) is 182 Å². The Labute approximate surface area is 393 Å². The molecule has 0 amide bonds. The average Bonchev–Trinajstić information content (AvgIpc) is 3.38. The minimum absolute atomic E-state index is 0.0454. The zero-order valence-corrected chi connectivity index (χ0v) is 37.8. The van der Waals surface area contributed by atoms with Crippen LogP contribution >= 0.6 is 0 Å². The van der Waals surface area contributed by atoms with Crippen molar-refractivity contribution < 1.29 is 52.5 Å². The van der Waals surface area contributed by atoms with E-state index < -0.39 is 66.8 Å². The van der Waals surface area contributed by atoms with Crippen LogP contribution in [-0.2, 0) is 87.1 Å². The SMILES string of the molecule is CO[C@@H]1O[C@H](COCc2ccccc2)[C@H]([C@H](O)[C@@H]2O[C@H](COCc3ccccc3)[C@@H](OCc3ccccc3)[C@H](OCc3ccccc3)[C@H]2OCc2ccccc2)C(=O)[C@H]1OCc1ccccc1. The predicted octanol–water partition coefficient (Wildman–Crippen LogP) is 8.45. The van der Waals surface area contributed by atoms with Crippen LogP contribution in [0.15, 0.2) is 182 Å². The minimum atomic E-state index is -1.53. The van der Waals surface area contributed by atoms with Gasteiger partial charge in [-0.2, -0.15) is 0 Å². The number of ketones is 1. The molecule has 8 rings (SSSR count). The summed E-state index contributed by atoms with van der Waals surface area (Å²) in [6, 6.07) is 58.7. The zero-order chi connectivity index (χ0) is 46.0. The molecule has 6 aromatic rings. The maximum absolute atomic E-state index is 15.2. The fourth-order valence-corrected chi connectivity index (χ4v) is 8.64. The van der Waals surface area contributed by atoms with Gasteiger partial charge in [0.05, 0.1) is 71.0 Å². The zero-order valence-electron chi connectivity index (χ0n) is 37.8. The molecule has 0 spiro atoms. The number of methoxy groups -OCH3 is 1. The maximum atomic E-state index is 15.2. The minimum Gasteiger partial charge on any atom is -0.389 e. The number of carbonyl (C=O) groups excluding carboxylic acids is 1. The molecule has 2 saturated heterocycles. The Morgan fingerprint density at radius 1 is 0.448 bits per heavy atom. The van der Waals surface area contributed by atoms with Gasteiger partial charge in [-0.05, 0) is 33.4 Å². The number of aliphatic hydroxyl groups excluding tert-OH is 1. The van der Waals surface area contributed by atoms with Crippen LogP contribution in [0, 0.1) is 5.92 Å². The first kappa shape index (κ1) is 48.1. The topological polar surface area (TPSA) is 120 Å². The molecule has 350 valence electrons. The van der Waals surface area contributed by atoms with E-state index in [4.69, 9.17) is 42.6 Å². The number of hydrogen-bond acceptors (Lipinski definition) is 11. The highest BCUT2D eigenvalue weighted by atomic mass is 16.7. The number of Topliss-reactive ketones (excluding diaryl/α,β-unsaturated/α-hetero) is 1. The third-order valence-electron chi connectivity index (χ3n) is 12.1. The van der Waals surface area contributed by atoms with Gasteiger partial charge in [-0.15, -0.1) is 0 Å². The van der Waals surface area contributed by atoms with Crippen molar-refractivity contribution in [2.75, 3.05) is 20.3 Å². The lowest BCUT2D eigenvalue weighted by atomic mass is 9.80. The molecule has 0 aliphatic carbocycles. The molecular formula is C56H60O11. The van der Waals surface area contributed by atoms with Crippen molar-refractivity contribution >= 4 is 5.78 Å². The first-order valence-electron chi connectivity index (χ1n) is 22.9. The van der Waals surface area contributed by atoms with E-state index in [1.807, 2.05) is 182 Å². The quantitative estimate of drug-likeness (QED) is 0.0667. The molecule has 10 atom stereocenters. The Kier molecular flexibility index (Phi) is 18.0. The molecule has 2 aliphatic heterocycles. The Hall–Kier alpha value is -5.41. The second-order valence-electron chi connectivity index (χ2n) is 16.8. The number of rotatable bonds is 23. The molecule has 0 aromatic heterocycles. The molecule has 1 N–H and O–H groups in total. The molecule has 0 bridgehead atoms. The first-order valence-corrected chi connectivity index (χ1v) is 22.9. The Bertz CT molecular complexity index is 2310. The van der Waals surface area contributed by atoms with E-state index in [0.717, 1.165) is 33.4 Å². The van der Waals surface area contributed by atoms with Gasteiger partial charge in [0.25, 0.3) is 0 Å². The Morgan fingerprint density at radius 3 is 1.22 bits per heavy atom. The molecule has 0 radical (unpaired) electrons. The van der Waals surface area contributed by atoms with E-state index >= 15 is 4.79 Å². The Balaban J connectivity index is 1.16. The molecule has 2 aliphatic rings. The van der Waals surface area contributed by atoms with Gasteiger partial charge in [0.1, 0.15) is 30.5 Å². The smallest absolute Gasteiger partial charge is 0.191 e. The van der Waals surface area contributed by atoms with Crippen LogP contribution < -0.4 is 0 Å². The van der Waals surface area contributed by atoms with Crippen molar-refractivity contribution in [2.45, 2.75) is 94.8 Å². The van der Waals surface area contributed by atoms with Crippen molar-refractivity contribution in [3.63, 3.8) is 0 Å². The lowest BCUT2D eigenvalue weighted by Crippen LogP contribution is -2.67. The highest BCUT2D eigenvalue weighted by molar-refractivity contribution is 5.87. The van der Waals surface area contributed by atoms with Crippen molar-refractivity contribution in [1.29, 1.82) is 0 Å². The fraction of sp³-hybridized carbons (Fsp3) is 0.339. The normalized spacial score (nSPS) is 24.6. The van der Waals surface area contributed by atoms with Crippen LogP contribution in [0.3, 0.4) is 0 Å². The van der Waals surface area contributed by atoms with Crippen molar-refractivity contribution in [3.05, 3.63) is 215 Å². The summed E-state index contributed by atoms with van der Waals surface area (Å²) in [5.74, 6) is -1.64. The third-order valence-corrected chi connectivity index (χ3v) is 12.1. The molecule has 6 aromatic carbocycles. The molecular weight excluding hydrogens is 849 g/mol. The lowest BCUT2D eigenvalue weighted by molar-refractivity contribution is -0.301. The summed E-state index contributed by atoms with van der Waals surface area (Å²) >= 11 is 0. The van der Waals surface area contributed by atoms with Crippen LogP contribution in [0.25, 0.3) is 0 Å². The van der Waals surface area contributed by atoms with Gasteiger partial charge in [0.15, 0.2) is 18.2 Å². The largest absolute Gasteiger partial charge is 0.389 e.